The number of phenolic OH excluding ortho intramolecular Hbond substituents is 1. The van der Waals surface area contributed by atoms with Crippen molar-refractivity contribution in [2.75, 3.05) is 0 Å². The van der Waals surface area contributed by atoms with Gasteiger partial charge in [0.15, 0.2) is 0 Å². The summed E-state index contributed by atoms with van der Waals surface area (Å²) in [6, 6.07) is 5.00. The van der Waals surface area contributed by atoms with E-state index in [2.05, 4.69) is 6.58 Å². The lowest BCUT2D eigenvalue weighted by Gasteiger charge is -2.11. The lowest BCUT2D eigenvalue weighted by Crippen LogP contribution is -2.09. The first-order chi connectivity index (χ1) is 6.65. The SMILES string of the molecule is C=CCC[C@H](N)c1ccc(O)c(Cl)c1. The molecule has 1 atom stereocenters. The van der Waals surface area contributed by atoms with E-state index in [1.54, 1.807) is 18.2 Å². The van der Waals surface area contributed by atoms with Gasteiger partial charge in [0.05, 0.1) is 5.02 Å². The molecule has 0 radical (unpaired) electrons. The molecule has 0 unspecified atom stereocenters. The lowest BCUT2D eigenvalue weighted by atomic mass is 10.0. The summed E-state index contributed by atoms with van der Waals surface area (Å²) in [7, 11) is 0. The molecule has 1 aromatic rings. The zero-order valence-corrected chi connectivity index (χ0v) is 8.67. The molecule has 1 rings (SSSR count). The summed E-state index contributed by atoms with van der Waals surface area (Å²) in [5.41, 5.74) is 6.85. The van der Waals surface area contributed by atoms with Crippen LogP contribution in [0, 0.1) is 0 Å². The molecule has 0 aliphatic carbocycles. The fourth-order valence-electron chi connectivity index (χ4n) is 1.22. The second kappa shape index (κ2) is 5.03. The number of phenols is 1. The summed E-state index contributed by atoms with van der Waals surface area (Å²) in [6.07, 6.45) is 3.55. The minimum atomic E-state index is -0.0499. The van der Waals surface area contributed by atoms with Crippen LogP contribution in [-0.2, 0) is 0 Å². The van der Waals surface area contributed by atoms with E-state index in [-0.39, 0.29) is 11.8 Å². The van der Waals surface area contributed by atoms with E-state index in [1.165, 1.54) is 0 Å². The first kappa shape index (κ1) is 11.1. The van der Waals surface area contributed by atoms with E-state index in [0.717, 1.165) is 18.4 Å². The van der Waals surface area contributed by atoms with Crippen molar-refractivity contribution in [1.29, 1.82) is 0 Å². The van der Waals surface area contributed by atoms with Gasteiger partial charge in [-0.15, -0.1) is 6.58 Å². The van der Waals surface area contributed by atoms with Crippen molar-refractivity contribution in [2.24, 2.45) is 5.73 Å². The van der Waals surface area contributed by atoms with Crippen molar-refractivity contribution in [3.05, 3.63) is 41.4 Å². The van der Waals surface area contributed by atoms with Crippen molar-refractivity contribution in [1.82, 2.24) is 0 Å². The average molecular weight is 212 g/mol. The van der Waals surface area contributed by atoms with Gasteiger partial charge in [0.1, 0.15) is 5.75 Å². The van der Waals surface area contributed by atoms with E-state index >= 15 is 0 Å². The van der Waals surface area contributed by atoms with Crippen LogP contribution in [0.25, 0.3) is 0 Å². The highest BCUT2D eigenvalue weighted by atomic mass is 35.5. The Hall–Kier alpha value is -0.990. The van der Waals surface area contributed by atoms with Crippen molar-refractivity contribution < 1.29 is 5.11 Å². The molecule has 0 aromatic heterocycles. The van der Waals surface area contributed by atoms with Crippen LogP contribution in [0.4, 0.5) is 0 Å². The van der Waals surface area contributed by atoms with Crippen LogP contribution < -0.4 is 5.73 Å². The van der Waals surface area contributed by atoms with Gasteiger partial charge in [0.25, 0.3) is 0 Å². The van der Waals surface area contributed by atoms with Crippen LogP contribution in [-0.4, -0.2) is 5.11 Å². The van der Waals surface area contributed by atoms with Gasteiger partial charge in [-0.3, -0.25) is 0 Å². The maximum absolute atomic E-state index is 9.21. The smallest absolute Gasteiger partial charge is 0.134 e. The van der Waals surface area contributed by atoms with E-state index in [4.69, 9.17) is 17.3 Å². The summed E-state index contributed by atoms with van der Waals surface area (Å²) in [5, 5.41) is 9.56. The Bertz CT molecular complexity index is 325. The number of benzene rings is 1. The van der Waals surface area contributed by atoms with Gasteiger partial charge in [-0.2, -0.15) is 0 Å². The van der Waals surface area contributed by atoms with Crippen LogP contribution in [0.15, 0.2) is 30.9 Å². The number of nitrogens with two attached hydrogens (primary N) is 1. The third-order valence-corrected chi connectivity index (χ3v) is 2.38. The molecule has 76 valence electrons. The van der Waals surface area contributed by atoms with Gasteiger partial charge in [-0.1, -0.05) is 23.7 Å². The third kappa shape index (κ3) is 2.76. The normalized spacial score (nSPS) is 12.4. The Balaban J connectivity index is 2.75. The van der Waals surface area contributed by atoms with Crippen LogP contribution in [0.5, 0.6) is 5.75 Å². The van der Waals surface area contributed by atoms with Crippen molar-refractivity contribution in [2.45, 2.75) is 18.9 Å². The summed E-state index contributed by atoms with van der Waals surface area (Å²) in [5.74, 6) is 0.0892. The Morgan fingerprint density at radius 3 is 2.86 bits per heavy atom. The van der Waals surface area contributed by atoms with Crippen LogP contribution in [0.1, 0.15) is 24.4 Å². The molecule has 2 nitrogen and oxygen atoms in total. The lowest BCUT2D eigenvalue weighted by molar-refractivity contribution is 0.475. The first-order valence-corrected chi connectivity index (χ1v) is 4.88. The highest BCUT2D eigenvalue weighted by molar-refractivity contribution is 6.32. The molecule has 0 spiro atoms. The molecule has 0 heterocycles. The molecule has 0 bridgehead atoms. The zero-order valence-electron chi connectivity index (χ0n) is 7.91. The van der Waals surface area contributed by atoms with Gasteiger partial charge in [-0.05, 0) is 30.5 Å². The fraction of sp³-hybridized carbons (Fsp3) is 0.273. The van der Waals surface area contributed by atoms with E-state index in [1.807, 2.05) is 6.08 Å². The molecule has 0 aliphatic rings. The maximum Gasteiger partial charge on any atom is 0.134 e. The standard InChI is InChI=1S/C11H14ClNO/c1-2-3-4-10(13)8-5-6-11(14)9(12)7-8/h2,5-7,10,14H,1,3-4,13H2/t10-/m0/s1. The monoisotopic (exact) mass is 211 g/mol. The summed E-state index contributed by atoms with van der Waals surface area (Å²) < 4.78 is 0. The van der Waals surface area contributed by atoms with Gasteiger partial charge >= 0.3 is 0 Å². The molecule has 0 aliphatic heterocycles. The molecule has 3 N–H and O–H groups in total. The Labute approximate surface area is 89.0 Å². The predicted octanol–water partition coefficient (Wildman–Crippen LogP) is 3.01. The topological polar surface area (TPSA) is 46.2 Å². The van der Waals surface area contributed by atoms with Gasteiger partial charge in [-0.25, -0.2) is 0 Å². The third-order valence-electron chi connectivity index (χ3n) is 2.08. The zero-order chi connectivity index (χ0) is 10.6. The summed E-state index contributed by atoms with van der Waals surface area (Å²) >= 11 is 5.77. The number of hydrogen-bond donors (Lipinski definition) is 2. The second-order valence-electron chi connectivity index (χ2n) is 3.18. The average Bonchev–Trinajstić information content (AvgIpc) is 2.18. The highest BCUT2D eigenvalue weighted by Gasteiger charge is 2.07. The van der Waals surface area contributed by atoms with E-state index in [9.17, 15) is 5.11 Å². The van der Waals surface area contributed by atoms with Gasteiger partial charge in [0, 0.05) is 6.04 Å². The van der Waals surface area contributed by atoms with Gasteiger partial charge < -0.3 is 10.8 Å². The van der Waals surface area contributed by atoms with E-state index in [0.29, 0.717) is 5.02 Å². The number of aromatic hydroxyl groups is 1. The quantitative estimate of drug-likeness (QED) is 0.753. The minimum absolute atomic E-state index is 0.0499. The Morgan fingerprint density at radius 2 is 2.29 bits per heavy atom. The summed E-state index contributed by atoms with van der Waals surface area (Å²) in [6.45, 7) is 3.64. The molecule has 0 saturated heterocycles. The highest BCUT2D eigenvalue weighted by Crippen LogP contribution is 2.27. The van der Waals surface area contributed by atoms with E-state index < -0.39 is 0 Å². The molecular formula is C11H14ClNO. The molecular weight excluding hydrogens is 198 g/mol. The van der Waals surface area contributed by atoms with Crippen molar-refractivity contribution in [3.8, 4) is 5.75 Å². The fourth-order valence-corrected chi connectivity index (χ4v) is 1.41. The summed E-state index contributed by atoms with van der Waals surface area (Å²) in [4.78, 5) is 0. The first-order valence-electron chi connectivity index (χ1n) is 4.50. The second-order valence-corrected chi connectivity index (χ2v) is 3.59. The number of halogens is 1. The Morgan fingerprint density at radius 1 is 1.57 bits per heavy atom. The predicted molar refractivity (Wildman–Crippen MR) is 59.5 cm³/mol. The number of allylic oxidation sites excluding steroid dienone is 1. The largest absolute Gasteiger partial charge is 0.506 e. The van der Waals surface area contributed by atoms with Gasteiger partial charge in [0.2, 0.25) is 0 Å². The minimum Gasteiger partial charge on any atom is -0.506 e. The molecule has 14 heavy (non-hydrogen) atoms. The molecule has 0 amide bonds. The molecule has 0 saturated carbocycles. The molecule has 3 heteroatoms. The van der Waals surface area contributed by atoms with Crippen LogP contribution >= 0.6 is 11.6 Å². The molecule has 0 fully saturated rings. The number of rotatable bonds is 4. The molecule has 1 aromatic carbocycles. The maximum atomic E-state index is 9.21. The van der Waals surface area contributed by atoms with Crippen molar-refractivity contribution >= 4 is 11.6 Å². The van der Waals surface area contributed by atoms with Crippen molar-refractivity contribution in [3.63, 3.8) is 0 Å². The van der Waals surface area contributed by atoms with Crippen LogP contribution in [0.3, 0.4) is 0 Å². The van der Waals surface area contributed by atoms with Crippen LogP contribution in [0.2, 0.25) is 5.02 Å². The Kier molecular flexibility index (Phi) is 3.98. The number of hydrogen-bond acceptors (Lipinski definition) is 2.